The average Bonchev–Trinajstić information content (AvgIpc) is 1.62. The van der Waals surface area contributed by atoms with Gasteiger partial charge in [-0.25, -0.2) is 9.59 Å². The van der Waals surface area contributed by atoms with Crippen LogP contribution < -0.4 is 42.5 Å². The largest absolute Gasteiger partial charge is 0.444 e. The van der Waals surface area contributed by atoms with Crippen LogP contribution in [0, 0.1) is 0 Å². The minimum atomic E-state index is -1.01. The molecule has 35 nitrogen and oxygen atoms in total. The third kappa shape index (κ3) is 24.0. The van der Waals surface area contributed by atoms with Gasteiger partial charge in [0.1, 0.15) is 35.6 Å². The first-order valence-electron chi connectivity index (χ1n) is 37.6. The summed E-state index contributed by atoms with van der Waals surface area (Å²) in [5.74, 6) is -6.19. The Bertz CT molecular complexity index is 4020. The molecule has 113 heavy (non-hydrogen) atoms. The second-order valence-corrected chi connectivity index (χ2v) is 30.0. The summed E-state index contributed by atoms with van der Waals surface area (Å²) in [5, 5.41) is 22.7. The molecule has 0 aromatic heterocycles. The van der Waals surface area contributed by atoms with Gasteiger partial charge >= 0.3 is 12.2 Å². The second kappa shape index (κ2) is 41.4. The Morgan fingerprint density at radius 2 is 0.876 bits per heavy atom. The number of amides is 14. The number of carbonyl (C=O) groups excluding carboxylic acids is 15. The van der Waals surface area contributed by atoms with E-state index in [9.17, 15) is 71.9 Å². The van der Waals surface area contributed by atoms with Crippen molar-refractivity contribution in [3.63, 3.8) is 0 Å². The number of benzene rings is 3. The molecule has 14 amide bonds. The van der Waals surface area contributed by atoms with Gasteiger partial charge < -0.3 is 64.9 Å². The molecule has 0 spiro atoms. The number of nitrogens with zero attached hydrogens (tertiary/aromatic N) is 7. The fourth-order valence-corrected chi connectivity index (χ4v) is 13.7. The van der Waals surface area contributed by atoms with Gasteiger partial charge in [0.05, 0.1) is 71.5 Å². The molecule has 9 aliphatic heterocycles. The number of halogens is 2. The van der Waals surface area contributed by atoms with E-state index in [1.807, 2.05) is 27.8 Å². The number of nitrogens with one attached hydrogen (secondary N) is 8. The van der Waals surface area contributed by atoms with E-state index in [0.717, 1.165) is 79.6 Å². The number of morpholine rings is 3. The van der Waals surface area contributed by atoms with E-state index in [-0.39, 0.29) is 121 Å². The zero-order valence-electron chi connectivity index (χ0n) is 65.2. The van der Waals surface area contributed by atoms with Crippen molar-refractivity contribution in [2.75, 3.05) is 149 Å². The maximum Gasteiger partial charge on any atom is 0.410 e. The van der Waals surface area contributed by atoms with Crippen LogP contribution >= 0.6 is 24.8 Å². The van der Waals surface area contributed by atoms with E-state index in [0.29, 0.717) is 89.1 Å². The first-order chi connectivity index (χ1) is 52.9. The smallest absolute Gasteiger partial charge is 0.410 e. The highest BCUT2D eigenvalue weighted by Gasteiger charge is 2.49. The lowest BCUT2D eigenvalue weighted by Crippen LogP contribution is -2.54. The van der Waals surface area contributed by atoms with Gasteiger partial charge in [-0.15, -0.1) is 24.8 Å². The summed E-state index contributed by atoms with van der Waals surface area (Å²) >= 11 is 0. The lowest BCUT2D eigenvalue weighted by molar-refractivity contribution is -0.137. The molecule has 0 aliphatic carbocycles. The first-order valence-corrected chi connectivity index (χ1v) is 37.6. The van der Waals surface area contributed by atoms with Gasteiger partial charge in [0.15, 0.2) is 0 Å². The van der Waals surface area contributed by atoms with Crippen LogP contribution in [-0.2, 0) is 57.2 Å². The maximum absolute atomic E-state index is 13.3. The van der Waals surface area contributed by atoms with Gasteiger partial charge in [0.25, 0.3) is 35.4 Å². The van der Waals surface area contributed by atoms with E-state index in [1.165, 1.54) is 4.90 Å². The molecule has 37 heteroatoms. The molecule has 3 aromatic rings. The minimum absolute atomic E-state index is 0. The molecule has 0 bridgehead atoms. The highest BCUT2D eigenvalue weighted by molar-refractivity contribution is 6.27. The average molecular weight is 1620 g/mol. The molecule has 12 rings (SSSR count). The summed E-state index contributed by atoms with van der Waals surface area (Å²) in [6.07, 6.45) is 2.68. The fourth-order valence-electron chi connectivity index (χ4n) is 13.7. The number of aldehydes is 1. The van der Waals surface area contributed by atoms with Crippen LogP contribution in [0.3, 0.4) is 0 Å². The summed E-state index contributed by atoms with van der Waals surface area (Å²) in [6, 6.07) is 12.1. The number of piperidine rings is 3. The van der Waals surface area contributed by atoms with Crippen LogP contribution in [0.5, 0.6) is 0 Å². The van der Waals surface area contributed by atoms with Crippen LogP contribution in [-0.4, -0.2) is 304 Å². The quantitative estimate of drug-likeness (QED) is 0.0384. The lowest BCUT2D eigenvalue weighted by Gasteiger charge is -2.33. The number of fused-ring (bicyclic) bond motifs is 3. The normalized spacial score (nSPS) is 21.7. The standard InChI is InChI=1S/C27H37N5O7.C22H29N5O5.C18H20N4O5.C9H17NO3.2ClH/c1-27(2,3)39-26(37)30(4)11-6-12-31-13-14-38-17(16-31)15-28-19-8-5-7-18-22(19)25(36)32(24(18)35)20-9-10-21(33)29-23(20)34;1-23-8-3-9-26-10-11-32-14(13-26)12-24-16-5-2-4-15-19(16)22(31)27(21(15)30)17-6-7-18(28)25-20(17)29;23-14-5-4-13(16(24)21-14)22-17(25)11-2-1-3-12(15(11)18(22)26)20-9-10-8-19-6-7-27-10;1-9(2,3)13-8(12)10(4)6-5-7-11;;/h5,7-8,17,20,28H,6,9-16H2,1-4H3,(H,29,33,34);2,4-5,14,17,23-24H,3,6-13H2,1H3,(H,25,28,29);1-3,10,13,19-20H,4-9H2,(H,21,23,24);7H,5-6H2,1-4H3;2*1H/t17-,20?;14-,17?;10-,13?;;;/m001.../s1. The lowest BCUT2D eigenvalue weighted by atomic mass is 10.0. The third-order valence-electron chi connectivity index (χ3n) is 19.3. The summed E-state index contributed by atoms with van der Waals surface area (Å²) in [7, 11) is 5.28. The number of hydrogen-bond acceptors (Lipinski definition) is 27. The van der Waals surface area contributed by atoms with Crippen molar-refractivity contribution in [2.45, 2.75) is 147 Å². The van der Waals surface area contributed by atoms with E-state index >= 15 is 0 Å². The van der Waals surface area contributed by atoms with Gasteiger partial charge in [-0.1, -0.05) is 18.2 Å². The van der Waals surface area contributed by atoms with Crippen molar-refractivity contribution in [2.24, 2.45) is 0 Å². The molecule has 6 atom stereocenters. The van der Waals surface area contributed by atoms with Gasteiger partial charge in [-0.3, -0.25) is 98.0 Å². The zero-order chi connectivity index (χ0) is 80.4. The third-order valence-corrected chi connectivity index (χ3v) is 19.3. The summed E-state index contributed by atoms with van der Waals surface area (Å²) in [5.41, 5.74) is 2.09. The van der Waals surface area contributed by atoms with Crippen LogP contribution in [0.1, 0.15) is 161 Å². The molecule has 9 heterocycles. The molecule has 0 radical (unpaired) electrons. The van der Waals surface area contributed by atoms with Gasteiger partial charge in [-0.05, 0) is 130 Å². The van der Waals surface area contributed by atoms with Crippen LogP contribution in [0.15, 0.2) is 54.6 Å². The van der Waals surface area contributed by atoms with Crippen molar-refractivity contribution in [3.8, 4) is 0 Å². The van der Waals surface area contributed by atoms with Crippen LogP contribution in [0.4, 0.5) is 26.7 Å². The SMILES string of the molecule is CN(CCC=O)C(=O)OC(C)(C)C.CN(CCCN1CCO[C@@H](CNc2cccc3c2C(=O)N(C2CCC(=O)NC2=O)C3=O)C1)C(=O)OC(C)(C)C.CNCCCN1CCO[C@@H](CNc2cccc3c2C(=O)N(C2CCC(=O)NC2=O)C3=O)C1.Cl.Cl.O=C1CCC(N2C(=O)c3cccc(NC[C@H]4CNCCO4)c3C2=O)C(=O)N1. The van der Waals surface area contributed by atoms with Crippen molar-refractivity contribution < 1.29 is 95.6 Å². The van der Waals surface area contributed by atoms with E-state index in [2.05, 4.69) is 52.3 Å². The molecule has 3 aromatic carbocycles. The maximum atomic E-state index is 13.3. The topological polar surface area (TPSA) is 421 Å². The highest BCUT2D eigenvalue weighted by Crippen LogP contribution is 2.36. The molecule has 6 fully saturated rings. The Morgan fingerprint density at radius 3 is 1.22 bits per heavy atom. The molecule has 0 saturated carbocycles. The van der Waals surface area contributed by atoms with Crippen molar-refractivity contribution >= 4 is 131 Å². The number of ether oxygens (including phenoxy) is 5. The Hall–Kier alpha value is -9.59. The molecular formula is C76H105Cl2N15O20. The molecular weight excluding hydrogens is 1510 g/mol. The van der Waals surface area contributed by atoms with E-state index < -0.39 is 106 Å². The van der Waals surface area contributed by atoms with E-state index in [4.69, 9.17) is 23.7 Å². The second-order valence-electron chi connectivity index (χ2n) is 30.0. The van der Waals surface area contributed by atoms with Gasteiger partial charge in [-0.2, -0.15) is 0 Å². The van der Waals surface area contributed by atoms with E-state index in [1.54, 1.807) is 94.4 Å². The number of rotatable bonds is 23. The molecule has 6 saturated heterocycles. The molecule has 618 valence electrons. The van der Waals surface area contributed by atoms with Gasteiger partial charge in [0, 0.05) is 135 Å². The molecule has 8 N–H and O–H groups in total. The summed E-state index contributed by atoms with van der Waals surface area (Å²) in [6.45, 7) is 22.6. The monoisotopic (exact) mass is 1620 g/mol. The number of hydrogen-bond donors (Lipinski definition) is 8. The number of carbonyl (C=O) groups is 15. The van der Waals surface area contributed by atoms with Crippen LogP contribution in [0.25, 0.3) is 0 Å². The first kappa shape index (κ1) is 90.6. The Labute approximate surface area is 668 Å². The van der Waals surface area contributed by atoms with Crippen molar-refractivity contribution in [1.29, 1.82) is 0 Å². The Kier molecular flexibility index (Phi) is 33.2. The predicted molar refractivity (Wildman–Crippen MR) is 416 cm³/mol. The number of imide groups is 6. The van der Waals surface area contributed by atoms with Gasteiger partial charge in [0.2, 0.25) is 35.4 Å². The fraction of sp³-hybridized carbons (Fsp3) is 0.566. The number of anilines is 3. The molecule has 9 aliphatic rings. The van der Waals surface area contributed by atoms with Crippen molar-refractivity contribution in [1.82, 2.24) is 60.9 Å². The van der Waals surface area contributed by atoms with Crippen LogP contribution in [0.2, 0.25) is 0 Å². The molecule has 3 unspecified atom stereocenters. The highest BCUT2D eigenvalue weighted by atomic mass is 35.5. The Morgan fingerprint density at radius 1 is 0.513 bits per heavy atom. The zero-order valence-corrected chi connectivity index (χ0v) is 66.9. The summed E-state index contributed by atoms with van der Waals surface area (Å²) in [4.78, 5) is 193. The predicted octanol–water partition coefficient (Wildman–Crippen LogP) is 3.04. The summed E-state index contributed by atoms with van der Waals surface area (Å²) < 4.78 is 27.9. The minimum Gasteiger partial charge on any atom is -0.444 e. The van der Waals surface area contributed by atoms with Crippen molar-refractivity contribution in [3.05, 3.63) is 88.0 Å². The Balaban J connectivity index is 0.000000218.